The van der Waals surface area contributed by atoms with E-state index in [1.54, 1.807) is 15.8 Å². The van der Waals surface area contributed by atoms with Crippen molar-refractivity contribution in [1.29, 1.82) is 0 Å². The molecule has 178 valence electrons. The molecule has 3 heterocycles. The molecule has 1 unspecified atom stereocenters. The largest absolute Gasteiger partial charge is 0.386 e. The number of nitrogens with zero attached hydrogens (tertiary/aromatic N) is 4. The van der Waals surface area contributed by atoms with Gasteiger partial charge >= 0.3 is 0 Å². The molecule has 0 radical (unpaired) electrons. The number of piperidine rings is 1. The Balaban J connectivity index is 1.23. The molecule has 1 spiro atoms. The van der Waals surface area contributed by atoms with E-state index in [0.717, 1.165) is 48.1 Å². The number of aliphatic hydroxyl groups is 1. The van der Waals surface area contributed by atoms with Gasteiger partial charge in [0, 0.05) is 42.1 Å². The third kappa shape index (κ3) is 4.10. The topological polar surface area (TPSA) is 61.6 Å². The number of aliphatic hydroxyl groups excluding tert-OH is 1. The summed E-state index contributed by atoms with van der Waals surface area (Å²) >= 11 is 6.25. The summed E-state index contributed by atoms with van der Waals surface area (Å²) < 4.78 is 28.5. The first-order valence-corrected chi connectivity index (χ1v) is 11.6. The second kappa shape index (κ2) is 8.76. The lowest BCUT2D eigenvalue weighted by Gasteiger charge is -2.38. The van der Waals surface area contributed by atoms with Crippen LogP contribution in [0.5, 0.6) is 0 Å². The smallest absolute Gasteiger partial charge is 0.237 e. The van der Waals surface area contributed by atoms with Crippen molar-refractivity contribution in [3.05, 3.63) is 82.1 Å². The molecule has 1 N–H and O–H groups in total. The van der Waals surface area contributed by atoms with Crippen LogP contribution in [0.3, 0.4) is 0 Å². The van der Waals surface area contributed by atoms with Gasteiger partial charge in [-0.2, -0.15) is 5.10 Å². The van der Waals surface area contributed by atoms with Crippen molar-refractivity contribution in [2.75, 3.05) is 25.0 Å². The fourth-order valence-corrected chi connectivity index (χ4v) is 5.37. The van der Waals surface area contributed by atoms with E-state index in [2.05, 4.69) is 10.00 Å². The summed E-state index contributed by atoms with van der Waals surface area (Å²) in [5, 5.41) is 15.3. The van der Waals surface area contributed by atoms with Crippen LogP contribution in [0.1, 0.15) is 35.6 Å². The molecular weight excluding hydrogens is 462 g/mol. The molecule has 6 nitrogen and oxygen atoms in total. The molecule has 0 aliphatic carbocycles. The van der Waals surface area contributed by atoms with Crippen LogP contribution >= 0.6 is 11.6 Å². The van der Waals surface area contributed by atoms with E-state index in [4.69, 9.17) is 11.6 Å². The molecule has 1 fully saturated rings. The number of likely N-dealkylation sites (tertiary alicyclic amines) is 1. The molecule has 1 atom stereocenters. The van der Waals surface area contributed by atoms with Crippen molar-refractivity contribution < 1.29 is 18.7 Å². The predicted octanol–water partition coefficient (Wildman–Crippen LogP) is 4.06. The molecule has 34 heavy (non-hydrogen) atoms. The lowest BCUT2D eigenvalue weighted by Crippen LogP contribution is -2.47. The molecular formula is C25H25ClF2N4O2. The minimum atomic E-state index is -1.08. The van der Waals surface area contributed by atoms with E-state index in [9.17, 15) is 18.7 Å². The molecule has 1 amide bonds. The first-order chi connectivity index (χ1) is 16.2. The van der Waals surface area contributed by atoms with Crippen LogP contribution in [-0.2, 0) is 23.3 Å². The maximum absolute atomic E-state index is 13.4. The van der Waals surface area contributed by atoms with Crippen LogP contribution in [0.25, 0.3) is 0 Å². The summed E-state index contributed by atoms with van der Waals surface area (Å²) in [4.78, 5) is 17.2. The summed E-state index contributed by atoms with van der Waals surface area (Å²) in [7, 11) is 1.82. The molecule has 1 saturated heterocycles. The number of aromatic nitrogens is 2. The Labute approximate surface area is 201 Å². The number of hydrogen-bond donors (Lipinski definition) is 1. The Hall–Kier alpha value is -2.81. The quantitative estimate of drug-likeness (QED) is 0.591. The van der Waals surface area contributed by atoms with Crippen LogP contribution < -0.4 is 4.90 Å². The molecule has 0 saturated carbocycles. The number of likely N-dealkylation sites (N-methyl/N-ethyl adjacent to an activating group) is 1. The molecule has 5 rings (SSSR count). The lowest BCUT2D eigenvalue weighted by molar-refractivity contribution is -0.124. The third-order valence-corrected chi connectivity index (χ3v) is 7.22. The van der Waals surface area contributed by atoms with Crippen LogP contribution in [0.15, 0.2) is 48.8 Å². The Morgan fingerprint density at radius 2 is 1.85 bits per heavy atom. The van der Waals surface area contributed by atoms with Gasteiger partial charge < -0.3 is 10.0 Å². The van der Waals surface area contributed by atoms with Gasteiger partial charge in [0.1, 0.15) is 11.6 Å². The average Bonchev–Trinajstić information content (AvgIpc) is 3.31. The number of hydrogen-bond acceptors (Lipinski definition) is 4. The number of carbonyl (C=O) groups excluding carboxylic acids is 1. The van der Waals surface area contributed by atoms with Gasteiger partial charge in [-0.1, -0.05) is 11.6 Å². The fourth-order valence-electron chi connectivity index (χ4n) is 5.20. The van der Waals surface area contributed by atoms with Gasteiger partial charge in [0.25, 0.3) is 0 Å². The number of fused-ring (bicyclic) bond motifs is 2. The van der Waals surface area contributed by atoms with Gasteiger partial charge in [0.2, 0.25) is 5.91 Å². The molecule has 1 aromatic heterocycles. The Kier molecular flexibility index (Phi) is 5.91. The van der Waals surface area contributed by atoms with Crippen molar-refractivity contribution in [2.24, 2.45) is 0 Å². The maximum Gasteiger partial charge on any atom is 0.237 e. The highest BCUT2D eigenvalue weighted by molar-refractivity contribution is 6.31. The van der Waals surface area contributed by atoms with Crippen molar-refractivity contribution in [3.63, 3.8) is 0 Å². The van der Waals surface area contributed by atoms with Crippen molar-refractivity contribution in [1.82, 2.24) is 14.7 Å². The summed E-state index contributed by atoms with van der Waals surface area (Å²) in [5.74, 6) is -1.33. The van der Waals surface area contributed by atoms with Gasteiger partial charge in [0.05, 0.1) is 24.3 Å². The molecule has 3 aromatic rings. The zero-order valence-electron chi connectivity index (χ0n) is 18.7. The fraction of sp³-hybridized carbons (Fsp3) is 0.360. The number of carbonyl (C=O) groups is 1. The normalized spacial score (nSPS) is 18.5. The Bertz CT molecular complexity index is 1220. The van der Waals surface area contributed by atoms with E-state index in [-0.39, 0.29) is 18.0 Å². The highest BCUT2D eigenvalue weighted by Gasteiger charge is 2.50. The third-order valence-electron chi connectivity index (χ3n) is 6.98. The number of anilines is 1. The summed E-state index contributed by atoms with van der Waals surface area (Å²) in [6.07, 6.45) is 3.90. The van der Waals surface area contributed by atoms with Crippen LogP contribution in [0.4, 0.5) is 14.5 Å². The van der Waals surface area contributed by atoms with Gasteiger partial charge in [0.15, 0.2) is 0 Å². The van der Waals surface area contributed by atoms with Gasteiger partial charge in [-0.3, -0.25) is 14.4 Å². The second-order valence-corrected chi connectivity index (χ2v) is 9.61. The van der Waals surface area contributed by atoms with Crippen molar-refractivity contribution in [2.45, 2.75) is 37.5 Å². The average molecular weight is 487 g/mol. The lowest BCUT2D eigenvalue weighted by atomic mass is 9.73. The summed E-state index contributed by atoms with van der Waals surface area (Å²) in [6.45, 7) is 2.25. The highest BCUT2D eigenvalue weighted by Crippen LogP contribution is 2.48. The summed E-state index contributed by atoms with van der Waals surface area (Å²) in [5.41, 5.74) is 2.55. The molecule has 9 heteroatoms. The van der Waals surface area contributed by atoms with Gasteiger partial charge in [-0.25, -0.2) is 8.78 Å². The molecule has 2 aliphatic heterocycles. The van der Waals surface area contributed by atoms with Crippen LogP contribution in [0.2, 0.25) is 5.02 Å². The van der Waals surface area contributed by atoms with Crippen molar-refractivity contribution >= 4 is 23.2 Å². The van der Waals surface area contributed by atoms with Gasteiger partial charge in [-0.15, -0.1) is 0 Å². The number of halogens is 3. The minimum Gasteiger partial charge on any atom is -0.386 e. The Morgan fingerprint density at radius 3 is 2.56 bits per heavy atom. The standard InChI is InChI=1S/C25H25ClF2N4O2/c1-30-22-3-2-18(26)10-21(22)25(24(30)34)4-6-31(7-5-25)13-16-12-29-32(14-16)15-23(33)17-8-19(27)11-20(28)9-17/h2-3,8-12,14,23,33H,4-7,13,15H2,1H3. The molecule has 2 aromatic carbocycles. The van der Waals surface area contributed by atoms with E-state index in [1.165, 1.54) is 0 Å². The van der Waals surface area contributed by atoms with E-state index in [0.29, 0.717) is 24.4 Å². The first-order valence-electron chi connectivity index (χ1n) is 11.2. The van der Waals surface area contributed by atoms with E-state index < -0.39 is 23.2 Å². The predicted molar refractivity (Wildman–Crippen MR) is 125 cm³/mol. The minimum absolute atomic E-state index is 0.0877. The van der Waals surface area contributed by atoms with Crippen LogP contribution in [0, 0.1) is 11.6 Å². The van der Waals surface area contributed by atoms with Crippen LogP contribution in [-0.4, -0.2) is 45.8 Å². The van der Waals surface area contributed by atoms with Gasteiger partial charge in [-0.05, 0) is 67.4 Å². The first kappa shape index (κ1) is 23.0. The monoisotopic (exact) mass is 486 g/mol. The zero-order valence-corrected chi connectivity index (χ0v) is 19.5. The SMILES string of the molecule is CN1C(=O)C2(CCN(Cc3cnn(CC(O)c4cc(F)cc(F)c4)c3)CC2)c2cc(Cl)ccc21. The number of benzene rings is 2. The zero-order chi connectivity index (χ0) is 24.0. The second-order valence-electron chi connectivity index (χ2n) is 9.17. The van der Waals surface area contributed by atoms with E-state index >= 15 is 0 Å². The molecule has 0 bridgehead atoms. The highest BCUT2D eigenvalue weighted by atomic mass is 35.5. The van der Waals surface area contributed by atoms with E-state index in [1.807, 2.05) is 31.4 Å². The molecule has 2 aliphatic rings. The summed E-state index contributed by atoms with van der Waals surface area (Å²) in [6, 6.07) is 8.67. The number of rotatable bonds is 5. The maximum atomic E-state index is 13.4. The Morgan fingerprint density at radius 1 is 1.15 bits per heavy atom. The number of amides is 1. The van der Waals surface area contributed by atoms with Crippen molar-refractivity contribution in [3.8, 4) is 0 Å².